The maximum Gasteiger partial charge on any atom is 0.306 e. The van der Waals surface area contributed by atoms with E-state index < -0.39 is 6.10 Å². The molecule has 0 aromatic heterocycles. The van der Waals surface area contributed by atoms with Gasteiger partial charge < -0.3 is 14.2 Å². The highest BCUT2D eigenvalue weighted by molar-refractivity contribution is 5.71. The summed E-state index contributed by atoms with van der Waals surface area (Å²) < 4.78 is 16.7. The number of unbranched alkanes of at least 4 members (excludes halogenated alkanes) is 33. The Balaban J connectivity index is 3.89. The van der Waals surface area contributed by atoms with Gasteiger partial charge in [0.1, 0.15) is 13.2 Å². The van der Waals surface area contributed by atoms with E-state index in [4.69, 9.17) is 14.2 Å². The van der Waals surface area contributed by atoms with Crippen LogP contribution in [0.15, 0.2) is 60.8 Å². The fourth-order valence-electron chi connectivity index (χ4n) is 8.55. The predicted octanol–water partition coefficient (Wildman–Crippen LogP) is 20.0. The Hall–Kier alpha value is -2.89. The molecule has 0 aromatic rings. The second-order valence-electron chi connectivity index (χ2n) is 19.9. The van der Waals surface area contributed by atoms with Crippen molar-refractivity contribution in [3.63, 3.8) is 0 Å². The molecule has 0 amide bonds. The lowest BCUT2D eigenvalue weighted by atomic mass is 10.0. The van der Waals surface area contributed by atoms with Crippen molar-refractivity contribution >= 4 is 17.9 Å². The van der Waals surface area contributed by atoms with Crippen molar-refractivity contribution in [2.45, 2.75) is 309 Å². The van der Waals surface area contributed by atoms with E-state index >= 15 is 0 Å². The lowest BCUT2D eigenvalue weighted by Gasteiger charge is -2.18. The first kappa shape index (κ1) is 66.1. The van der Waals surface area contributed by atoms with Crippen molar-refractivity contribution in [1.82, 2.24) is 0 Å². The maximum atomic E-state index is 12.7. The summed E-state index contributed by atoms with van der Waals surface area (Å²) in [6.45, 7) is 6.44. The molecule has 0 aromatic carbocycles. The number of carbonyl (C=O) groups is 3. The summed E-state index contributed by atoms with van der Waals surface area (Å²) in [5.74, 6) is -0.886. The quantitative estimate of drug-likeness (QED) is 0.0262. The van der Waals surface area contributed by atoms with E-state index in [1.807, 2.05) is 0 Å². The van der Waals surface area contributed by atoms with Crippen molar-refractivity contribution in [1.29, 1.82) is 0 Å². The normalized spacial score (nSPS) is 12.4. The van der Waals surface area contributed by atoms with Crippen LogP contribution in [0, 0.1) is 0 Å². The van der Waals surface area contributed by atoms with Gasteiger partial charge in [-0.3, -0.25) is 14.4 Å². The molecule has 1 unspecified atom stereocenters. The number of hydrogen-bond donors (Lipinski definition) is 0. The second kappa shape index (κ2) is 57.7. The van der Waals surface area contributed by atoms with Crippen LogP contribution in [0.4, 0.5) is 0 Å². The van der Waals surface area contributed by atoms with Gasteiger partial charge in [-0.05, 0) is 83.5 Å². The Morgan fingerprint density at radius 2 is 0.565 bits per heavy atom. The molecule has 1 atom stereocenters. The fraction of sp³-hybridized carbons (Fsp3) is 0.794. The van der Waals surface area contributed by atoms with Gasteiger partial charge in [0.25, 0.3) is 0 Å². The van der Waals surface area contributed by atoms with Crippen LogP contribution in [0.5, 0.6) is 0 Å². The van der Waals surface area contributed by atoms with Crippen LogP contribution >= 0.6 is 0 Å². The van der Waals surface area contributed by atoms with Gasteiger partial charge in [-0.1, -0.05) is 261 Å². The minimum absolute atomic E-state index is 0.0736. The first-order chi connectivity index (χ1) is 34.0. The molecule has 0 aliphatic carbocycles. The van der Waals surface area contributed by atoms with Gasteiger partial charge in [-0.25, -0.2) is 0 Å². The number of rotatable bonds is 54. The van der Waals surface area contributed by atoms with E-state index in [1.165, 1.54) is 167 Å². The molecular formula is C63H112O6. The van der Waals surface area contributed by atoms with Gasteiger partial charge in [0, 0.05) is 19.3 Å². The van der Waals surface area contributed by atoms with Crippen LogP contribution in [0.1, 0.15) is 303 Å². The molecule has 0 fully saturated rings. The van der Waals surface area contributed by atoms with Gasteiger partial charge in [0.15, 0.2) is 6.10 Å². The molecule has 0 saturated carbocycles. The molecule has 0 rings (SSSR count). The number of carbonyl (C=O) groups excluding carboxylic acids is 3. The standard InChI is InChI=1S/C63H112O6/c1-4-7-10-13-15-17-19-21-22-23-24-25-26-27-28-29-30-31-32-33-34-35-36-37-38-39-40-42-43-45-47-50-53-56-62(65)68-59-60(58-67-61(64)55-52-49-12-9-6-3)69-63(66)57-54-51-48-46-44-41-20-18-16-14-11-8-5-2/h7,10,15,17-18,20-22,24-25,60H,4-6,8-9,11-14,16,19,23,26-59H2,1-3H3/b10-7-,17-15-,20-18-,22-21-,25-24-. The molecule has 0 saturated heterocycles. The summed E-state index contributed by atoms with van der Waals surface area (Å²) in [6.07, 6.45) is 72.9. The molecule has 6 heteroatoms. The number of hydrogen-bond acceptors (Lipinski definition) is 6. The fourth-order valence-corrected chi connectivity index (χ4v) is 8.55. The molecule has 0 heterocycles. The van der Waals surface area contributed by atoms with Crippen LogP contribution in [0.2, 0.25) is 0 Å². The van der Waals surface area contributed by atoms with E-state index in [0.717, 1.165) is 96.3 Å². The third-order valence-corrected chi connectivity index (χ3v) is 13.0. The summed E-state index contributed by atoms with van der Waals surface area (Å²) in [4.78, 5) is 37.7. The third kappa shape index (κ3) is 55.9. The molecule has 0 spiro atoms. The zero-order chi connectivity index (χ0) is 50.0. The highest BCUT2D eigenvalue weighted by Crippen LogP contribution is 2.17. The minimum atomic E-state index is -0.770. The van der Waals surface area contributed by atoms with Crippen LogP contribution in [-0.4, -0.2) is 37.2 Å². The Morgan fingerprint density at radius 1 is 0.304 bits per heavy atom. The predicted molar refractivity (Wildman–Crippen MR) is 298 cm³/mol. The summed E-state index contributed by atoms with van der Waals surface area (Å²) in [7, 11) is 0. The summed E-state index contributed by atoms with van der Waals surface area (Å²) >= 11 is 0. The van der Waals surface area contributed by atoms with Gasteiger partial charge in [0.2, 0.25) is 0 Å². The van der Waals surface area contributed by atoms with E-state index in [2.05, 4.69) is 81.5 Å². The first-order valence-corrected chi connectivity index (χ1v) is 29.8. The van der Waals surface area contributed by atoms with Crippen molar-refractivity contribution in [3.05, 3.63) is 60.8 Å². The van der Waals surface area contributed by atoms with E-state index in [-0.39, 0.29) is 31.1 Å². The van der Waals surface area contributed by atoms with Crippen LogP contribution in [-0.2, 0) is 28.6 Å². The summed E-state index contributed by atoms with van der Waals surface area (Å²) in [5, 5.41) is 0. The van der Waals surface area contributed by atoms with Gasteiger partial charge in [-0.2, -0.15) is 0 Å². The summed E-state index contributed by atoms with van der Waals surface area (Å²) in [6, 6.07) is 0. The van der Waals surface area contributed by atoms with Crippen molar-refractivity contribution in [2.75, 3.05) is 13.2 Å². The van der Waals surface area contributed by atoms with E-state index in [1.54, 1.807) is 0 Å². The van der Waals surface area contributed by atoms with Gasteiger partial charge in [0.05, 0.1) is 0 Å². The Morgan fingerprint density at radius 3 is 0.913 bits per heavy atom. The number of esters is 3. The molecule has 0 radical (unpaired) electrons. The molecular weight excluding hydrogens is 853 g/mol. The van der Waals surface area contributed by atoms with E-state index in [0.29, 0.717) is 19.3 Å². The maximum absolute atomic E-state index is 12.7. The first-order valence-electron chi connectivity index (χ1n) is 29.8. The zero-order valence-corrected chi connectivity index (χ0v) is 45.8. The third-order valence-electron chi connectivity index (χ3n) is 13.0. The lowest BCUT2D eigenvalue weighted by Crippen LogP contribution is -2.30. The number of ether oxygens (including phenoxy) is 3. The highest BCUT2D eigenvalue weighted by atomic mass is 16.6. The lowest BCUT2D eigenvalue weighted by molar-refractivity contribution is -0.167. The smallest absolute Gasteiger partial charge is 0.306 e. The van der Waals surface area contributed by atoms with E-state index in [9.17, 15) is 14.4 Å². The Kier molecular flexibility index (Phi) is 55.3. The summed E-state index contributed by atoms with van der Waals surface area (Å²) in [5.41, 5.74) is 0. The van der Waals surface area contributed by atoms with Crippen LogP contribution in [0.3, 0.4) is 0 Å². The molecule has 0 aliphatic heterocycles. The topological polar surface area (TPSA) is 78.9 Å². The van der Waals surface area contributed by atoms with Crippen LogP contribution < -0.4 is 0 Å². The highest BCUT2D eigenvalue weighted by Gasteiger charge is 2.19. The minimum Gasteiger partial charge on any atom is -0.462 e. The van der Waals surface area contributed by atoms with Gasteiger partial charge >= 0.3 is 17.9 Å². The molecule has 69 heavy (non-hydrogen) atoms. The molecule has 0 bridgehead atoms. The molecule has 6 nitrogen and oxygen atoms in total. The monoisotopic (exact) mass is 965 g/mol. The average molecular weight is 966 g/mol. The average Bonchev–Trinajstić information content (AvgIpc) is 3.35. The molecule has 400 valence electrons. The Bertz CT molecular complexity index is 1250. The largest absolute Gasteiger partial charge is 0.462 e. The zero-order valence-electron chi connectivity index (χ0n) is 45.8. The SMILES string of the molecule is CC/C=C\C/C=C\C/C=C\C/C=C\CCCCCCCCCCCCCCCCCCCCCCC(=O)OCC(COC(=O)CCCCCCC)OC(=O)CCCCCCC/C=C\CCCCCC. The van der Waals surface area contributed by atoms with Crippen LogP contribution in [0.25, 0.3) is 0 Å². The second-order valence-corrected chi connectivity index (χ2v) is 19.9. The van der Waals surface area contributed by atoms with Crippen molar-refractivity contribution in [2.24, 2.45) is 0 Å². The van der Waals surface area contributed by atoms with Crippen molar-refractivity contribution < 1.29 is 28.6 Å². The Labute approximate surface area is 428 Å². The molecule has 0 aliphatic rings. The molecule has 0 N–H and O–H groups in total. The number of allylic oxidation sites excluding steroid dienone is 10. The van der Waals surface area contributed by atoms with Crippen molar-refractivity contribution in [3.8, 4) is 0 Å². The van der Waals surface area contributed by atoms with Gasteiger partial charge in [-0.15, -0.1) is 0 Å².